The number of H-pyrrole nitrogens is 1. The maximum Gasteiger partial charge on any atom is 0.0921 e. The molecule has 1 atom stereocenters. The van der Waals surface area contributed by atoms with E-state index in [1.807, 2.05) is 6.20 Å². The lowest BCUT2D eigenvalue weighted by atomic mass is 9.95. The number of aromatic amines is 1. The molecule has 1 fully saturated rings. The van der Waals surface area contributed by atoms with Crippen LogP contribution in [0.1, 0.15) is 18.5 Å². The Morgan fingerprint density at radius 3 is 2.86 bits per heavy atom. The van der Waals surface area contributed by atoms with Crippen LogP contribution >= 0.6 is 34.0 Å². The maximum atomic E-state index is 4.01. The topological polar surface area (TPSA) is 40.7 Å². The lowest BCUT2D eigenvalue weighted by Crippen LogP contribution is -2.30. The summed E-state index contributed by atoms with van der Waals surface area (Å²) in [6, 6.07) is 0. The normalized spacial score (nSPS) is 20.7. The highest BCUT2D eigenvalue weighted by Crippen LogP contribution is 2.14. The zero-order chi connectivity index (χ0) is 8.23. The summed E-state index contributed by atoms with van der Waals surface area (Å²) < 4.78 is 0. The van der Waals surface area contributed by atoms with Crippen LogP contribution in [0.2, 0.25) is 0 Å². The predicted molar refractivity (Wildman–Crippen MR) is 68.5 cm³/mol. The Labute approximate surface area is 106 Å². The van der Waals surface area contributed by atoms with Crippen LogP contribution in [0.15, 0.2) is 12.5 Å². The van der Waals surface area contributed by atoms with Crippen LogP contribution in [0.25, 0.3) is 0 Å². The Kier molecular flexibility index (Phi) is 7.49. The first-order chi connectivity index (χ1) is 5.95. The molecule has 2 heterocycles. The summed E-state index contributed by atoms with van der Waals surface area (Å²) in [5, 5.41) is 3.41. The molecular weight excluding hydrogens is 310 g/mol. The van der Waals surface area contributed by atoms with Gasteiger partial charge in [0.15, 0.2) is 0 Å². The van der Waals surface area contributed by atoms with Crippen molar-refractivity contribution in [2.45, 2.75) is 19.3 Å². The van der Waals surface area contributed by atoms with Crippen LogP contribution in [-0.4, -0.2) is 23.1 Å². The van der Waals surface area contributed by atoms with Crippen LogP contribution in [0.4, 0.5) is 0 Å². The molecule has 1 saturated heterocycles. The standard InChI is InChI=1S/C9H15N3.2BrH/c1-2-8(5-10-3-1)4-9-6-11-7-12-9;;/h6-8,10H,1-5H2,(H,11,12);2*1H. The van der Waals surface area contributed by atoms with Gasteiger partial charge < -0.3 is 10.3 Å². The van der Waals surface area contributed by atoms with E-state index in [4.69, 9.17) is 0 Å². The van der Waals surface area contributed by atoms with E-state index >= 15 is 0 Å². The Bertz CT molecular complexity index is 220. The molecule has 0 bridgehead atoms. The van der Waals surface area contributed by atoms with Gasteiger partial charge in [-0.3, -0.25) is 0 Å². The van der Waals surface area contributed by atoms with Crippen LogP contribution in [0.5, 0.6) is 0 Å². The molecule has 1 aromatic heterocycles. The maximum absolute atomic E-state index is 4.01. The second kappa shape index (κ2) is 7.43. The summed E-state index contributed by atoms with van der Waals surface area (Å²) in [7, 11) is 0. The number of nitrogens with zero attached hydrogens (tertiary/aromatic N) is 1. The highest BCUT2D eigenvalue weighted by molar-refractivity contribution is 8.93. The van der Waals surface area contributed by atoms with Gasteiger partial charge in [0.1, 0.15) is 0 Å². The van der Waals surface area contributed by atoms with E-state index in [0.29, 0.717) is 0 Å². The minimum Gasteiger partial charge on any atom is -0.348 e. The third kappa shape index (κ3) is 4.11. The minimum atomic E-state index is 0. The number of imidazole rings is 1. The quantitative estimate of drug-likeness (QED) is 0.874. The fourth-order valence-corrected chi connectivity index (χ4v) is 1.81. The molecule has 0 saturated carbocycles. The molecule has 0 spiro atoms. The minimum absolute atomic E-state index is 0. The molecule has 0 aromatic carbocycles. The van der Waals surface area contributed by atoms with Crippen molar-refractivity contribution in [1.82, 2.24) is 15.3 Å². The largest absolute Gasteiger partial charge is 0.348 e. The van der Waals surface area contributed by atoms with E-state index in [1.54, 1.807) is 6.33 Å². The van der Waals surface area contributed by atoms with Gasteiger partial charge in [-0.1, -0.05) is 0 Å². The molecule has 0 radical (unpaired) electrons. The molecular formula is C9H17Br2N3. The number of nitrogens with one attached hydrogen (secondary N) is 2. The van der Waals surface area contributed by atoms with Crippen LogP contribution in [0.3, 0.4) is 0 Å². The Morgan fingerprint density at radius 2 is 2.29 bits per heavy atom. The fraction of sp³-hybridized carbons (Fsp3) is 0.667. The molecule has 0 aliphatic carbocycles. The van der Waals surface area contributed by atoms with Gasteiger partial charge in [-0.2, -0.15) is 0 Å². The summed E-state index contributed by atoms with van der Waals surface area (Å²) in [6.07, 6.45) is 7.50. The summed E-state index contributed by atoms with van der Waals surface area (Å²) in [5.41, 5.74) is 1.27. The van der Waals surface area contributed by atoms with Crippen molar-refractivity contribution in [2.75, 3.05) is 13.1 Å². The zero-order valence-corrected chi connectivity index (χ0v) is 11.5. The van der Waals surface area contributed by atoms with Crippen molar-refractivity contribution in [3.05, 3.63) is 18.2 Å². The van der Waals surface area contributed by atoms with Crippen molar-refractivity contribution in [3.63, 3.8) is 0 Å². The Balaban J connectivity index is 0.000000845. The number of halogens is 2. The Morgan fingerprint density at radius 1 is 1.43 bits per heavy atom. The van der Waals surface area contributed by atoms with Gasteiger partial charge in [-0.25, -0.2) is 4.98 Å². The van der Waals surface area contributed by atoms with Crippen LogP contribution in [0, 0.1) is 5.92 Å². The zero-order valence-electron chi connectivity index (χ0n) is 8.03. The van der Waals surface area contributed by atoms with Crippen molar-refractivity contribution in [3.8, 4) is 0 Å². The van der Waals surface area contributed by atoms with Gasteiger partial charge >= 0.3 is 0 Å². The first kappa shape index (κ1) is 14.1. The van der Waals surface area contributed by atoms with E-state index in [2.05, 4.69) is 15.3 Å². The van der Waals surface area contributed by atoms with E-state index in [0.717, 1.165) is 12.3 Å². The highest BCUT2D eigenvalue weighted by Gasteiger charge is 2.13. The van der Waals surface area contributed by atoms with Crippen molar-refractivity contribution >= 4 is 34.0 Å². The second-order valence-electron chi connectivity index (χ2n) is 3.49. The van der Waals surface area contributed by atoms with Crippen molar-refractivity contribution < 1.29 is 0 Å². The average molecular weight is 327 g/mol. The number of hydrogen-bond acceptors (Lipinski definition) is 2. The van der Waals surface area contributed by atoms with Crippen molar-refractivity contribution in [2.24, 2.45) is 5.92 Å². The smallest absolute Gasteiger partial charge is 0.0921 e. The number of aromatic nitrogens is 2. The molecule has 1 aliphatic rings. The Hall–Kier alpha value is 0.130. The molecule has 2 N–H and O–H groups in total. The molecule has 14 heavy (non-hydrogen) atoms. The molecule has 5 heteroatoms. The summed E-state index contributed by atoms with van der Waals surface area (Å²) >= 11 is 0. The molecule has 1 aromatic rings. The lowest BCUT2D eigenvalue weighted by Gasteiger charge is -2.21. The van der Waals surface area contributed by atoms with E-state index in [-0.39, 0.29) is 34.0 Å². The molecule has 2 rings (SSSR count). The lowest BCUT2D eigenvalue weighted by molar-refractivity contribution is 0.374. The van der Waals surface area contributed by atoms with Gasteiger partial charge in [0.2, 0.25) is 0 Å². The first-order valence-corrected chi connectivity index (χ1v) is 4.63. The molecule has 1 unspecified atom stereocenters. The van der Waals surface area contributed by atoms with Crippen LogP contribution < -0.4 is 5.32 Å². The SMILES string of the molecule is Br.Br.c1ncc(CC2CCCNC2)[nH]1. The third-order valence-corrected chi connectivity index (χ3v) is 2.46. The van der Waals surface area contributed by atoms with Gasteiger partial charge in [-0.15, -0.1) is 34.0 Å². The number of hydrogen-bond donors (Lipinski definition) is 2. The summed E-state index contributed by atoms with van der Waals surface area (Å²) in [5.74, 6) is 0.805. The first-order valence-electron chi connectivity index (χ1n) is 4.63. The van der Waals surface area contributed by atoms with E-state index < -0.39 is 0 Å². The van der Waals surface area contributed by atoms with Gasteiger partial charge in [0.25, 0.3) is 0 Å². The van der Waals surface area contributed by atoms with Gasteiger partial charge in [0.05, 0.1) is 6.33 Å². The average Bonchev–Trinajstić information content (AvgIpc) is 2.59. The molecule has 3 nitrogen and oxygen atoms in total. The summed E-state index contributed by atoms with van der Waals surface area (Å²) in [4.78, 5) is 7.16. The molecule has 0 amide bonds. The van der Waals surface area contributed by atoms with Gasteiger partial charge in [-0.05, 0) is 38.3 Å². The monoisotopic (exact) mass is 325 g/mol. The summed E-state index contributed by atoms with van der Waals surface area (Å²) in [6.45, 7) is 2.36. The number of rotatable bonds is 2. The van der Waals surface area contributed by atoms with Gasteiger partial charge in [0, 0.05) is 11.9 Å². The predicted octanol–water partition coefficient (Wildman–Crippen LogP) is 2.11. The number of piperidine rings is 1. The fourth-order valence-electron chi connectivity index (χ4n) is 1.81. The second-order valence-corrected chi connectivity index (χ2v) is 3.49. The van der Waals surface area contributed by atoms with Crippen LogP contribution in [-0.2, 0) is 6.42 Å². The molecule has 1 aliphatic heterocycles. The van der Waals surface area contributed by atoms with E-state index in [1.165, 1.54) is 31.6 Å². The highest BCUT2D eigenvalue weighted by atomic mass is 79.9. The molecule has 82 valence electrons. The van der Waals surface area contributed by atoms with E-state index in [9.17, 15) is 0 Å². The third-order valence-electron chi connectivity index (χ3n) is 2.46. The van der Waals surface area contributed by atoms with Crippen molar-refractivity contribution in [1.29, 1.82) is 0 Å².